The standard InChI is InChI=1S/C85H148O17P2/c1-5-9-13-17-21-25-29-33-37-38-39-40-44-46-50-54-58-62-66-70-83(88)96-76-81(102-85(90)72-68-64-60-56-52-48-43-36-32-28-24-20-16-12-8-4)78-100-104(93,94)98-74-79(86)73-97-103(91,92)99-77-80(101-84(89)71-67-63-59-55-51-47-42-35-31-27-23-19-15-11-7-3)75-95-82(87)69-65-61-57-53-49-45-41-34-30-26-22-18-14-10-6-2/h9,13,21,24-25,27-28,31,33-34,36-37,39-41,43,46,50,79-81,86H,5-8,10-12,14-20,22-23,26,29-30,32,35,38,42,44-45,47-49,51-78H2,1-4H3,(H,91,92)(H,93,94)/b13-9-,25-21-,28-24-,31-27-,37-33-,40-39-,41-34-,43-36-,50-46-/t79-,80+,81+/m0/s1. The minimum atomic E-state index is -4.99. The third-order valence-corrected chi connectivity index (χ3v) is 19.1. The lowest BCUT2D eigenvalue weighted by atomic mass is 10.1. The summed E-state index contributed by atoms with van der Waals surface area (Å²) in [6.07, 6.45) is 83.4. The number of esters is 4. The van der Waals surface area contributed by atoms with Crippen LogP contribution in [0.2, 0.25) is 0 Å². The van der Waals surface area contributed by atoms with Gasteiger partial charge < -0.3 is 33.8 Å². The maximum absolute atomic E-state index is 13.1. The highest BCUT2D eigenvalue weighted by atomic mass is 31.2. The lowest BCUT2D eigenvalue weighted by Crippen LogP contribution is -2.30. The Labute approximate surface area is 632 Å². The highest BCUT2D eigenvalue weighted by Gasteiger charge is 2.30. The van der Waals surface area contributed by atoms with Crippen LogP contribution in [-0.2, 0) is 65.4 Å². The van der Waals surface area contributed by atoms with E-state index in [9.17, 15) is 43.2 Å². The zero-order valence-corrected chi connectivity index (χ0v) is 67.5. The Morgan fingerprint density at radius 2 is 0.500 bits per heavy atom. The van der Waals surface area contributed by atoms with Crippen molar-refractivity contribution in [2.75, 3.05) is 39.6 Å². The molecule has 0 amide bonds. The number of aliphatic hydroxyl groups is 1. The molecule has 0 spiro atoms. The molecule has 0 aromatic rings. The van der Waals surface area contributed by atoms with Crippen molar-refractivity contribution in [1.82, 2.24) is 0 Å². The van der Waals surface area contributed by atoms with Gasteiger partial charge in [-0.15, -0.1) is 0 Å². The molecule has 0 fully saturated rings. The molecule has 0 heterocycles. The first-order chi connectivity index (χ1) is 50.7. The van der Waals surface area contributed by atoms with Crippen molar-refractivity contribution in [1.29, 1.82) is 0 Å². The average Bonchev–Trinajstić information content (AvgIpc) is 0.918. The zero-order chi connectivity index (χ0) is 76.0. The number of allylic oxidation sites excluding steroid dienone is 18. The number of carbonyl (C=O) groups is 4. The van der Waals surface area contributed by atoms with Crippen LogP contribution in [0.25, 0.3) is 0 Å². The van der Waals surface area contributed by atoms with Crippen LogP contribution in [0.3, 0.4) is 0 Å². The Morgan fingerprint density at radius 1 is 0.279 bits per heavy atom. The minimum Gasteiger partial charge on any atom is -0.462 e. The zero-order valence-electron chi connectivity index (χ0n) is 65.7. The van der Waals surface area contributed by atoms with E-state index >= 15 is 0 Å². The molecule has 19 heteroatoms. The van der Waals surface area contributed by atoms with Gasteiger partial charge in [0.05, 0.1) is 26.4 Å². The highest BCUT2D eigenvalue weighted by Crippen LogP contribution is 2.45. The number of rotatable bonds is 77. The number of hydrogen-bond acceptors (Lipinski definition) is 15. The van der Waals surface area contributed by atoms with Gasteiger partial charge in [0.15, 0.2) is 12.2 Å². The fourth-order valence-electron chi connectivity index (χ4n) is 10.9. The number of phosphoric ester groups is 2. The van der Waals surface area contributed by atoms with Crippen molar-refractivity contribution in [3.05, 3.63) is 109 Å². The first-order valence-electron chi connectivity index (χ1n) is 41.1. The van der Waals surface area contributed by atoms with E-state index in [0.29, 0.717) is 25.7 Å². The Kier molecular flexibility index (Phi) is 73.7. The molecule has 600 valence electrons. The first-order valence-corrected chi connectivity index (χ1v) is 44.1. The molecule has 0 aliphatic rings. The molecule has 0 radical (unpaired) electrons. The third-order valence-electron chi connectivity index (χ3n) is 17.2. The van der Waals surface area contributed by atoms with E-state index < -0.39 is 97.5 Å². The van der Waals surface area contributed by atoms with Crippen molar-refractivity contribution in [3.8, 4) is 0 Å². The lowest BCUT2D eigenvalue weighted by Gasteiger charge is -2.21. The molecule has 104 heavy (non-hydrogen) atoms. The van der Waals surface area contributed by atoms with Crippen LogP contribution in [0.5, 0.6) is 0 Å². The Bertz CT molecular complexity index is 2390. The van der Waals surface area contributed by atoms with Crippen LogP contribution in [0.4, 0.5) is 0 Å². The second-order valence-electron chi connectivity index (χ2n) is 27.3. The molecule has 0 bridgehead atoms. The molecule has 17 nitrogen and oxygen atoms in total. The van der Waals surface area contributed by atoms with Crippen LogP contribution >= 0.6 is 15.6 Å². The second-order valence-corrected chi connectivity index (χ2v) is 30.2. The summed E-state index contributed by atoms with van der Waals surface area (Å²) in [5.41, 5.74) is 0. The number of aliphatic hydroxyl groups excluding tert-OH is 1. The van der Waals surface area contributed by atoms with Gasteiger partial charge in [0.2, 0.25) is 0 Å². The topological polar surface area (TPSA) is 237 Å². The fourth-order valence-corrected chi connectivity index (χ4v) is 12.5. The van der Waals surface area contributed by atoms with Crippen LogP contribution in [0, 0.1) is 0 Å². The summed E-state index contributed by atoms with van der Waals surface area (Å²) in [6, 6.07) is 0. The predicted molar refractivity (Wildman–Crippen MR) is 427 cm³/mol. The molecule has 0 saturated heterocycles. The smallest absolute Gasteiger partial charge is 0.462 e. The van der Waals surface area contributed by atoms with E-state index in [1.807, 2.05) is 0 Å². The second kappa shape index (κ2) is 76.9. The van der Waals surface area contributed by atoms with Gasteiger partial charge in [0.1, 0.15) is 19.3 Å². The third kappa shape index (κ3) is 75.9. The normalized spacial score (nSPS) is 14.4. The molecular formula is C85H148O17P2. The van der Waals surface area contributed by atoms with E-state index in [2.05, 4.69) is 137 Å². The van der Waals surface area contributed by atoms with E-state index in [-0.39, 0.29) is 25.7 Å². The Hall–Kier alpha value is -4.28. The van der Waals surface area contributed by atoms with Crippen LogP contribution in [0.15, 0.2) is 109 Å². The van der Waals surface area contributed by atoms with E-state index in [4.69, 9.17) is 37.0 Å². The van der Waals surface area contributed by atoms with E-state index in [0.717, 1.165) is 186 Å². The van der Waals surface area contributed by atoms with E-state index in [1.165, 1.54) is 83.5 Å². The predicted octanol–water partition coefficient (Wildman–Crippen LogP) is 24.1. The molecule has 2 unspecified atom stereocenters. The number of hydrogen-bond donors (Lipinski definition) is 3. The van der Waals surface area contributed by atoms with Crippen molar-refractivity contribution >= 4 is 39.5 Å². The fraction of sp³-hybridized carbons (Fsp3) is 0.741. The Balaban J connectivity index is 5.40. The van der Waals surface area contributed by atoms with Gasteiger partial charge in [-0.3, -0.25) is 37.3 Å². The van der Waals surface area contributed by atoms with Crippen LogP contribution in [0.1, 0.15) is 349 Å². The molecule has 0 aromatic carbocycles. The van der Waals surface area contributed by atoms with Crippen molar-refractivity contribution < 1.29 is 80.2 Å². The highest BCUT2D eigenvalue weighted by molar-refractivity contribution is 7.47. The molecule has 0 saturated carbocycles. The number of carbonyl (C=O) groups excluding carboxylic acids is 4. The summed E-state index contributed by atoms with van der Waals surface area (Å²) in [4.78, 5) is 73.1. The quantitative estimate of drug-likeness (QED) is 0.0169. The summed E-state index contributed by atoms with van der Waals surface area (Å²) in [5.74, 6) is -2.23. The molecule has 5 atom stereocenters. The molecule has 0 aliphatic heterocycles. The molecule has 0 aromatic heterocycles. The molecule has 0 rings (SSSR count). The first kappa shape index (κ1) is 99.7. The number of unbranched alkanes of at least 4 members (excludes halogenated alkanes) is 33. The maximum Gasteiger partial charge on any atom is 0.472 e. The maximum atomic E-state index is 13.1. The van der Waals surface area contributed by atoms with E-state index in [1.54, 1.807) is 0 Å². The average molecular weight is 1500 g/mol. The molecule has 0 aliphatic carbocycles. The largest absolute Gasteiger partial charge is 0.472 e. The lowest BCUT2D eigenvalue weighted by molar-refractivity contribution is -0.161. The summed E-state index contributed by atoms with van der Waals surface area (Å²) in [6.45, 7) is 4.69. The van der Waals surface area contributed by atoms with Gasteiger partial charge in [0.25, 0.3) is 0 Å². The van der Waals surface area contributed by atoms with Gasteiger partial charge in [0, 0.05) is 25.7 Å². The summed E-state index contributed by atoms with van der Waals surface area (Å²) in [5, 5.41) is 10.7. The molecule has 3 N–H and O–H groups in total. The number of ether oxygens (including phenoxy) is 4. The SMILES string of the molecule is CC/C=C\C/C=C\C/C=C\C/C=C\C/C=C\CCCCCC(=O)OC[C@H](COP(=O)(O)OC[C@@H](O)COP(=O)(O)OC[C@@H](COC(=O)CCCCCCC/C=C\CCCCCCCC)OC(=O)CCCCCCCCC/C=C\CCCCCC)OC(=O)CCCCCCC/C=C\C/C=C\CCCCC. The van der Waals surface area contributed by atoms with Gasteiger partial charge in [-0.25, -0.2) is 9.13 Å². The van der Waals surface area contributed by atoms with Gasteiger partial charge in [-0.1, -0.05) is 278 Å². The summed E-state index contributed by atoms with van der Waals surface area (Å²) in [7, 11) is -9.97. The van der Waals surface area contributed by atoms with Gasteiger partial charge >= 0.3 is 39.5 Å². The monoisotopic (exact) mass is 1500 g/mol. The van der Waals surface area contributed by atoms with Crippen molar-refractivity contribution in [2.24, 2.45) is 0 Å². The molecular weight excluding hydrogens is 1350 g/mol. The minimum absolute atomic E-state index is 0.0701. The van der Waals surface area contributed by atoms with Crippen molar-refractivity contribution in [3.63, 3.8) is 0 Å². The van der Waals surface area contributed by atoms with Crippen LogP contribution in [-0.4, -0.2) is 96.7 Å². The Morgan fingerprint density at radius 3 is 0.817 bits per heavy atom. The summed E-state index contributed by atoms with van der Waals surface area (Å²) >= 11 is 0. The van der Waals surface area contributed by atoms with Gasteiger partial charge in [-0.05, 0) is 154 Å². The number of phosphoric acid groups is 2. The summed E-state index contributed by atoms with van der Waals surface area (Å²) < 4.78 is 68.7. The van der Waals surface area contributed by atoms with Gasteiger partial charge in [-0.2, -0.15) is 0 Å². The van der Waals surface area contributed by atoms with Crippen LogP contribution < -0.4 is 0 Å². The van der Waals surface area contributed by atoms with Crippen molar-refractivity contribution in [2.45, 2.75) is 367 Å².